The van der Waals surface area contributed by atoms with Crippen LogP contribution in [0.4, 0.5) is 0 Å². The molecule has 2 aromatic rings. The summed E-state index contributed by atoms with van der Waals surface area (Å²) in [4.78, 5) is 22.4. The van der Waals surface area contributed by atoms with Gasteiger partial charge < -0.3 is 4.42 Å². The Morgan fingerprint density at radius 2 is 2.27 bits per heavy atom. The van der Waals surface area contributed by atoms with Crippen molar-refractivity contribution in [2.24, 2.45) is 0 Å². The lowest BCUT2D eigenvalue weighted by Gasteiger charge is -1.96. The Balaban J connectivity index is 2.75. The molecule has 0 bridgehead atoms. The van der Waals surface area contributed by atoms with E-state index in [4.69, 9.17) is 4.42 Å². The fraction of sp³-hybridized carbons (Fsp3) is 0.200. The van der Waals surface area contributed by atoms with Crippen LogP contribution in [0.5, 0.6) is 0 Å². The Bertz CT molecular complexity index is 582. The van der Waals surface area contributed by atoms with Crippen LogP contribution in [0.15, 0.2) is 27.4 Å². The predicted molar refractivity (Wildman–Crippen MR) is 59.4 cm³/mol. The standard InChI is InChI=1S/C10H8BrNO3/c1-6(13)7-2-3-8-9(4-7)15-10(14)12(8)5-11/h2-4H,5H2,1H3. The molecule has 0 saturated carbocycles. The molecule has 2 rings (SSSR count). The van der Waals surface area contributed by atoms with Gasteiger partial charge in [-0.25, -0.2) is 4.79 Å². The smallest absolute Gasteiger partial charge is 0.408 e. The highest BCUT2D eigenvalue weighted by Crippen LogP contribution is 2.16. The lowest BCUT2D eigenvalue weighted by molar-refractivity contribution is 0.101. The molecule has 78 valence electrons. The van der Waals surface area contributed by atoms with E-state index in [1.165, 1.54) is 11.5 Å². The van der Waals surface area contributed by atoms with Crippen LogP contribution < -0.4 is 5.76 Å². The number of alkyl halides is 1. The molecule has 4 nitrogen and oxygen atoms in total. The Morgan fingerprint density at radius 1 is 1.53 bits per heavy atom. The summed E-state index contributed by atoms with van der Waals surface area (Å²) >= 11 is 3.19. The monoisotopic (exact) mass is 269 g/mol. The van der Waals surface area contributed by atoms with Crippen LogP contribution in [-0.2, 0) is 5.45 Å². The number of rotatable bonds is 2. The third-order valence-electron chi connectivity index (χ3n) is 2.19. The normalized spacial score (nSPS) is 10.8. The summed E-state index contributed by atoms with van der Waals surface area (Å²) in [5.74, 6) is -0.478. The average molecular weight is 270 g/mol. The van der Waals surface area contributed by atoms with Gasteiger partial charge in [0.2, 0.25) is 0 Å². The molecule has 5 heteroatoms. The van der Waals surface area contributed by atoms with Gasteiger partial charge in [-0.05, 0) is 25.1 Å². The molecule has 0 unspecified atom stereocenters. The first kappa shape index (κ1) is 10.2. The molecule has 0 radical (unpaired) electrons. The molecular formula is C10H8BrNO3. The summed E-state index contributed by atoms with van der Waals surface area (Å²) in [6, 6.07) is 4.97. The van der Waals surface area contributed by atoms with E-state index in [9.17, 15) is 9.59 Å². The second-order valence-corrected chi connectivity index (χ2v) is 3.66. The minimum Gasteiger partial charge on any atom is -0.408 e. The highest BCUT2D eigenvalue weighted by Gasteiger charge is 2.09. The van der Waals surface area contributed by atoms with Crippen molar-refractivity contribution in [3.05, 3.63) is 34.3 Å². The van der Waals surface area contributed by atoms with Crippen LogP contribution >= 0.6 is 15.9 Å². The number of Topliss-reactive ketones (excluding diaryl/α,β-unsaturated/α-hetero) is 1. The number of carbonyl (C=O) groups is 1. The van der Waals surface area contributed by atoms with Crippen molar-refractivity contribution < 1.29 is 9.21 Å². The molecule has 15 heavy (non-hydrogen) atoms. The third kappa shape index (κ3) is 1.63. The van der Waals surface area contributed by atoms with E-state index in [1.54, 1.807) is 18.2 Å². The number of fused-ring (bicyclic) bond motifs is 1. The van der Waals surface area contributed by atoms with Gasteiger partial charge in [0.05, 0.1) is 11.0 Å². The van der Waals surface area contributed by atoms with E-state index in [1.807, 2.05) is 0 Å². The van der Waals surface area contributed by atoms with Gasteiger partial charge in [-0.2, -0.15) is 0 Å². The molecule has 0 amide bonds. The van der Waals surface area contributed by atoms with Crippen molar-refractivity contribution >= 4 is 32.8 Å². The molecule has 0 fully saturated rings. The van der Waals surface area contributed by atoms with E-state index in [0.29, 0.717) is 22.1 Å². The van der Waals surface area contributed by atoms with E-state index in [0.717, 1.165) is 0 Å². The summed E-state index contributed by atoms with van der Waals surface area (Å²) in [5.41, 5.74) is 2.03. The summed E-state index contributed by atoms with van der Waals surface area (Å²) in [6.07, 6.45) is 0. The van der Waals surface area contributed by atoms with Gasteiger partial charge in [-0.3, -0.25) is 9.36 Å². The lowest BCUT2D eigenvalue weighted by atomic mass is 10.1. The first-order valence-corrected chi connectivity index (χ1v) is 5.46. The number of nitrogens with zero attached hydrogens (tertiary/aromatic N) is 1. The van der Waals surface area contributed by atoms with E-state index in [2.05, 4.69) is 15.9 Å². The zero-order valence-electron chi connectivity index (χ0n) is 7.99. The number of aromatic nitrogens is 1. The number of oxazole rings is 1. The molecule has 0 N–H and O–H groups in total. The van der Waals surface area contributed by atoms with Crippen LogP contribution in [-0.4, -0.2) is 10.4 Å². The zero-order chi connectivity index (χ0) is 11.0. The number of ketones is 1. The highest BCUT2D eigenvalue weighted by atomic mass is 79.9. The van der Waals surface area contributed by atoms with Crippen LogP contribution in [0, 0.1) is 0 Å². The van der Waals surface area contributed by atoms with Crippen LogP contribution in [0.1, 0.15) is 17.3 Å². The number of hydrogen-bond donors (Lipinski definition) is 0. The molecule has 0 aliphatic carbocycles. The van der Waals surface area contributed by atoms with Gasteiger partial charge in [0.15, 0.2) is 11.4 Å². The van der Waals surface area contributed by atoms with Crippen molar-refractivity contribution in [1.82, 2.24) is 4.57 Å². The summed E-state index contributed by atoms with van der Waals surface area (Å²) in [6.45, 7) is 1.47. The molecule has 0 aliphatic rings. The third-order valence-corrected chi connectivity index (χ3v) is 2.70. The predicted octanol–water partition coefficient (Wildman–Crippen LogP) is 2.15. The zero-order valence-corrected chi connectivity index (χ0v) is 9.58. The molecule has 0 spiro atoms. The van der Waals surface area contributed by atoms with Gasteiger partial charge >= 0.3 is 5.76 Å². The van der Waals surface area contributed by atoms with Crippen LogP contribution in [0.25, 0.3) is 11.1 Å². The van der Waals surface area contributed by atoms with Crippen molar-refractivity contribution in [3.8, 4) is 0 Å². The van der Waals surface area contributed by atoms with E-state index in [-0.39, 0.29) is 5.78 Å². The molecular weight excluding hydrogens is 262 g/mol. The van der Waals surface area contributed by atoms with Gasteiger partial charge in [0.1, 0.15) is 0 Å². The molecule has 1 heterocycles. The number of halogens is 1. The lowest BCUT2D eigenvalue weighted by Crippen LogP contribution is -2.10. The Labute approximate surface area is 93.6 Å². The maximum atomic E-state index is 11.3. The van der Waals surface area contributed by atoms with Crippen molar-refractivity contribution in [2.75, 3.05) is 0 Å². The highest BCUT2D eigenvalue weighted by molar-refractivity contribution is 9.08. The van der Waals surface area contributed by atoms with Gasteiger partial charge in [0, 0.05) is 5.56 Å². The van der Waals surface area contributed by atoms with Gasteiger partial charge in [-0.1, -0.05) is 15.9 Å². The van der Waals surface area contributed by atoms with E-state index < -0.39 is 5.76 Å². The number of hydrogen-bond acceptors (Lipinski definition) is 3. The molecule has 1 aromatic carbocycles. The minimum atomic E-state index is -0.428. The van der Waals surface area contributed by atoms with Gasteiger partial charge in [-0.15, -0.1) is 0 Å². The first-order chi connectivity index (χ1) is 7.13. The van der Waals surface area contributed by atoms with Crippen LogP contribution in [0.2, 0.25) is 0 Å². The quantitative estimate of drug-likeness (QED) is 0.620. The molecule has 0 saturated heterocycles. The molecule has 0 atom stereocenters. The minimum absolute atomic E-state index is 0.0499. The maximum absolute atomic E-state index is 11.3. The average Bonchev–Trinajstić information content (AvgIpc) is 2.51. The van der Waals surface area contributed by atoms with Crippen molar-refractivity contribution in [2.45, 2.75) is 12.4 Å². The van der Waals surface area contributed by atoms with Gasteiger partial charge in [0.25, 0.3) is 0 Å². The maximum Gasteiger partial charge on any atom is 0.420 e. The largest absolute Gasteiger partial charge is 0.420 e. The Hall–Kier alpha value is -1.36. The Morgan fingerprint density at radius 3 is 2.87 bits per heavy atom. The fourth-order valence-corrected chi connectivity index (χ4v) is 1.87. The topological polar surface area (TPSA) is 52.2 Å². The number of carbonyl (C=O) groups excluding carboxylic acids is 1. The summed E-state index contributed by atoms with van der Waals surface area (Å²) in [7, 11) is 0. The van der Waals surface area contributed by atoms with Crippen LogP contribution in [0.3, 0.4) is 0 Å². The summed E-state index contributed by atoms with van der Waals surface area (Å²) in [5, 5.41) is 0. The summed E-state index contributed by atoms with van der Waals surface area (Å²) < 4.78 is 6.45. The number of benzene rings is 1. The van der Waals surface area contributed by atoms with Crippen molar-refractivity contribution in [1.29, 1.82) is 0 Å². The SMILES string of the molecule is CC(=O)c1ccc2c(c1)oc(=O)n2CBr. The second-order valence-electron chi connectivity index (χ2n) is 3.15. The molecule has 1 aromatic heterocycles. The molecule has 0 aliphatic heterocycles. The van der Waals surface area contributed by atoms with Crippen molar-refractivity contribution in [3.63, 3.8) is 0 Å². The fourth-order valence-electron chi connectivity index (χ4n) is 1.40. The van der Waals surface area contributed by atoms with E-state index >= 15 is 0 Å². The Kier molecular flexibility index (Phi) is 2.48. The first-order valence-electron chi connectivity index (χ1n) is 4.34. The second kappa shape index (κ2) is 3.66.